The topological polar surface area (TPSA) is 72.4 Å². The zero-order valence-corrected chi connectivity index (χ0v) is 12.6. The van der Waals surface area contributed by atoms with Crippen molar-refractivity contribution in [1.82, 2.24) is 19.9 Å². The lowest BCUT2D eigenvalue weighted by Gasteiger charge is -2.32. The number of likely N-dealkylation sites (N-methyl/N-ethyl adjacent to an activating group) is 1. The summed E-state index contributed by atoms with van der Waals surface area (Å²) in [6.07, 6.45) is 0.120. The molecule has 1 unspecified atom stereocenters. The van der Waals surface area contributed by atoms with Gasteiger partial charge in [-0.3, -0.25) is 4.90 Å². The largest absolute Gasteiger partial charge is 0.464 e. The number of rotatable bonds is 6. The second-order valence-corrected chi connectivity index (χ2v) is 4.75. The maximum absolute atomic E-state index is 5.83. The van der Waals surface area contributed by atoms with E-state index in [1.54, 1.807) is 0 Å². The minimum absolute atomic E-state index is 0.116. The third-order valence-corrected chi connectivity index (χ3v) is 3.19. The zero-order valence-electron chi connectivity index (χ0n) is 11.8. The molecule has 20 heavy (non-hydrogen) atoms. The average Bonchev–Trinajstić information content (AvgIpc) is 2.45. The first kappa shape index (κ1) is 15.2. The third-order valence-electron chi connectivity index (χ3n) is 3.02. The molecule has 0 bridgehead atoms. The van der Waals surface area contributed by atoms with Crippen molar-refractivity contribution in [3.8, 4) is 6.01 Å². The van der Waals surface area contributed by atoms with E-state index in [9.17, 15) is 0 Å². The summed E-state index contributed by atoms with van der Waals surface area (Å²) in [5.41, 5.74) is 0. The maximum Gasteiger partial charge on any atom is 0.322 e. The predicted molar refractivity (Wildman–Crippen MR) is 76.3 cm³/mol. The molecule has 1 fully saturated rings. The van der Waals surface area contributed by atoms with Crippen LogP contribution < -0.4 is 10.1 Å². The number of ether oxygens (including phenoxy) is 2. The van der Waals surface area contributed by atoms with Gasteiger partial charge in [0.05, 0.1) is 19.3 Å². The van der Waals surface area contributed by atoms with E-state index >= 15 is 0 Å². The molecule has 2 rings (SSSR count). The number of morpholine rings is 1. The number of anilines is 1. The van der Waals surface area contributed by atoms with Gasteiger partial charge < -0.3 is 14.8 Å². The lowest BCUT2D eigenvalue weighted by Crippen LogP contribution is -2.45. The van der Waals surface area contributed by atoms with Crippen LogP contribution in [0.4, 0.5) is 5.95 Å². The Hall–Kier alpha value is -1.18. The molecule has 0 saturated carbocycles. The van der Waals surface area contributed by atoms with Crippen molar-refractivity contribution in [2.75, 3.05) is 44.7 Å². The van der Waals surface area contributed by atoms with Gasteiger partial charge in [0.15, 0.2) is 0 Å². The summed E-state index contributed by atoms with van der Waals surface area (Å²) in [7, 11) is 0. The number of hydrogen-bond donors (Lipinski definition) is 1. The highest BCUT2D eigenvalue weighted by atomic mass is 35.5. The van der Waals surface area contributed by atoms with Crippen LogP contribution >= 0.6 is 11.6 Å². The van der Waals surface area contributed by atoms with Gasteiger partial charge in [-0.05, 0) is 25.1 Å². The van der Waals surface area contributed by atoms with Crippen LogP contribution in [0, 0.1) is 0 Å². The van der Waals surface area contributed by atoms with Gasteiger partial charge in [-0.15, -0.1) is 0 Å². The van der Waals surface area contributed by atoms with Crippen molar-refractivity contribution in [1.29, 1.82) is 0 Å². The molecule has 0 spiro atoms. The first-order chi connectivity index (χ1) is 9.71. The van der Waals surface area contributed by atoms with Crippen LogP contribution in [0.2, 0.25) is 5.28 Å². The normalized spacial score (nSPS) is 19.9. The molecule has 0 aromatic carbocycles. The van der Waals surface area contributed by atoms with E-state index < -0.39 is 0 Å². The maximum atomic E-state index is 5.83. The van der Waals surface area contributed by atoms with Crippen molar-refractivity contribution < 1.29 is 9.47 Å². The molecule has 8 heteroatoms. The Labute approximate surface area is 123 Å². The summed E-state index contributed by atoms with van der Waals surface area (Å²) in [6.45, 7) is 8.79. The van der Waals surface area contributed by atoms with Gasteiger partial charge in [0.1, 0.15) is 0 Å². The van der Waals surface area contributed by atoms with Crippen LogP contribution in [0.25, 0.3) is 0 Å². The molecule has 1 aromatic rings. The Morgan fingerprint density at radius 1 is 1.40 bits per heavy atom. The van der Waals surface area contributed by atoms with E-state index in [1.807, 2.05) is 6.92 Å². The highest BCUT2D eigenvalue weighted by molar-refractivity contribution is 6.28. The van der Waals surface area contributed by atoms with E-state index in [1.165, 1.54) is 0 Å². The van der Waals surface area contributed by atoms with Crippen molar-refractivity contribution >= 4 is 17.5 Å². The SMILES string of the molecule is CCOc1nc(Cl)nc(NCC2CN(CC)CCO2)n1. The van der Waals surface area contributed by atoms with Gasteiger partial charge in [-0.25, -0.2) is 0 Å². The smallest absolute Gasteiger partial charge is 0.322 e. The molecule has 1 N–H and O–H groups in total. The van der Waals surface area contributed by atoms with Crippen LogP contribution in [-0.4, -0.2) is 65.3 Å². The first-order valence-electron chi connectivity index (χ1n) is 6.83. The lowest BCUT2D eigenvalue weighted by molar-refractivity contribution is -0.0192. The fraction of sp³-hybridized carbons (Fsp3) is 0.750. The molecule has 7 nitrogen and oxygen atoms in total. The molecule has 1 aliphatic heterocycles. The van der Waals surface area contributed by atoms with E-state index in [0.717, 1.165) is 26.2 Å². The van der Waals surface area contributed by atoms with Gasteiger partial charge >= 0.3 is 6.01 Å². The minimum atomic E-state index is 0.116. The molecule has 0 aliphatic carbocycles. The molecule has 112 valence electrons. The molecular weight excluding hydrogens is 282 g/mol. The number of halogens is 1. The zero-order chi connectivity index (χ0) is 14.4. The fourth-order valence-electron chi connectivity index (χ4n) is 2.00. The molecule has 1 aromatic heterocycles. The standard InChI is InChI=1S/C12H20ClN5O2/c1-3-18-5-6-20-9(8-18)7-14-11-15-10(13)16-12(17-11)19-4-2/h9H,3-8H2,1-2H3,(H,14,15,16,17). The lowest BCUT2D eigenvalue weighted by atomic mass is 10.2. The van der Waals surface area contributed by atoms with Crippen LogP contribution in [0.3, 0.4) is 0 Å². The molecule has 1 aliphatic rings. The van der Waals surface area contributed by atoms with Crippen molar-refractivity contribution in [3.05, 3.63) is 5.28 Å². The summed E-state index contributed by atoms with van der Waals surface area (Å²) < 4.78 is 10.9. The first-order valence-corrected chi connectivity index (χ1v) is 7.21. The van der Waals surface area contributed by atoms with Gasteiger partial charge in [0.2, 0.25) is 11.2 Å². The third kappa shape index (κ3) is 4.43. The molecule has 1 saturated heterocycles. The Morgan fingerprint density at radius 3 is 3.00 bits per heavy atom. The number of hydrogen-bond acceptors (Lipinski definition) is 7. The van der Waals surface area contributed by atoms with Crippen LogP contribution in [0.1, 0.15) is 13.8 Å². The highest BCUT2D eigenvalue weighted by Crippen LogP contribution is 2.12. The van der Waals surface area contributed by atoms with Crippen molar-refractivity contribution in [2.24, 2.45) is 0 Å². The Morgan fingerprint density at radius 2 is 2.25 bits per heavy atom. The van der Waals surface area contributed by atoms with Gasteiger partial charge in [0.25, 0.3) is 0 Å². The fourth-order valence-corrected chi connectivity index (χ4v) is 2.15. The van der Waals surface area contributed by atoms with Gasteiger partial charge in [-0.2, -0.15) is 15.0 Å². The number of nitrogens with one attached hydrogen (secondary N) is 1. The molecule has 0 amide bonds. The quantitative estimate of drug-likeness (QED) is 0.842. The van der Waals surface area contributed by atoms with Gasteiger partial charge in [-0.1, -0.05) is 6.92 Å². The Balaban J connectivity index is 1.89. The minimum Gasteiger partial charge on any atom is -0.464 e. The van der Waals surface area contributed by atoms with Gasteiger partial charge in [0, 0.05) is 19.6 Å². The van der Waals surface area contributed by atoms with E-state index in [2.05, 4.69) is 32.1 Å². The Kier molecular flexibility index (Phi) is 5.75. The summed E-state index contributed by atoms with van der Waals surface area (Å²) in [6, 6.07) is 0.231. The predicted octanol–water partition coefficient (Wildman–Crippen LogP) is 1.06. The second-order valence-electron chi connectivity index (χ2n) is 4.41. The average molecular weight is 302 g/mol. The summed E-state index contributed by atoms with van der Waals surface area (Å²) in [5.74, 6) is 0.408. The van der Waals surface area contributed by atoms with E-state index in [4.69, 9.17) is 21.1 Å². The molecule has 0 radical (unpaired) electrons. The van der Waals surface area contributed by atoms with Crippen LogP contribution in [0.5, 0.6) is 6.01 Å². The van der Waals surface area contributed by atoms with Crippen molar-refractivity contribution in [3.63, 3.8) is 0 Å². The molecule has 1 atom stereocenters. The molecule has 2 heterocycles. The molecular formula is C12H20ClN5O2. The van der Waals surface area contributed by atoms with Crippen LogP contribution in [-0.2, 0) is 4.74 Å². The second kappa shape index (κ2) is 7.56. The Bertz CT molecular complexity index is 434. The van der Waals surface area contributed by atoms with E-state index in [-0.39, 0.29) is 17.4 Å². The summed E-state index contributed by atoms with van der Waals surface area (Å²) >= 11 is 5.83. The monoisotopic (exact) mass is 301 g/mol. The van der Waals surface area contributed by atoms with Crippen LogP contribution in [0.15, 0.2) is 0 Å². The number of nitrogens with zero attached hydrogens (tertiary/aromatic N) is 4. The van der Waals surface area contributed by atoms with E-state index in [0.29, 0.717) is 19.1 Å². The number of aromatic nitrogens is 3. The van der Waals surface area contributed by atoms with Crippen molar-refractivity contribution in [2.45, 2.75) is 20.0 Å². The summed E-state index contributed by atoms with van der Waals surface area (Å²) in [5, 5.41) is 3.24. The highest BCUT2D eigenvalue weighted by Gasteiger charge is 2.19. The summed E-state index contributed by atoms with van der Waals surface area (Å²) in [4.78, 5) is 14.4.